The Morgan fingerprint density at radius 2 is 1.74 bits per heavy atom. The molecular weight excluding hydrogens is 262 g/mol. The highest BCUT2D eigenvalue weighted by Crippen LogP contribution is 2.78. The summed E-state index contributed by atoms with van der Waals surface area (Å²) in [5.41, 5.74) is -1.27. The summed E-state index contributed by atoms with van der Waals surface area (Å²) in [6.07, 6.45) is 6.22. The molecule has 1 N–H and O–H groups in total. The van der Waals surface area contributed by atoms with Gasteiger partial charge in [0.2, 0.25) is 10.0 Å². The summed E-state index contributed by atoms with van der Waals surface area (Å²) in [4.78, 5) is 0. The average molecular weight is 285 g/mol. The molecule has 4 aliphatic rings. The Labute approximate surface area is 115 Å². The van der Waals surface area contributed by atoms with Crippen LogP contribution in [0.3, 0.4) is 0 Å². The predicted octanol–water partition coefficient (Wildman–Crippen LogP) is 1.35. The molecule has 0 radical (unpaired) electrons. The van der Waals surface area contributed by atoms with Gasteiger partial charge in [-0.1, -0.05) is 13.3 Å². The van der Waals surface area contributed by atoms with E-state index in [9.17, 15) is 13.5 Å². The number of rotatable bonds is 2. The first-order valence-electron chi connectivity index (χ1n) is 7.65. The molecule has 3 aliphatic carbocycles. The first-order valence-corrected chi connectivity index (χ1v) is 9.15. The second-order valence-electron chi connectivity index (χ2n) is 7.20. The summed E-state index contributed by atoms with van der Waals surface area (Å²) in [7, 11) is -3.31. The summed E-state index contributed by atoms with van der Waals surface area (Å²) < 4.78 is 27.4. The zero-order valence-electron chi connectivity index (χ0n) is 11.5. The van der Waals surface area contributed by atoms with E-state index in [1.165, 1.54) is 0 Å². The van der Waals surface area contributed by atoms with Crippen molar-refractivity contribution in [2.45, 2.75) is 56.3 Å². The van der Waals surface area contributed by atoms with E-state index in [1.54, 1.807) is 4.31 Å². The molecule has 0 aromatic heterocycles. The van der Waals surface area contributed by atoms with Crippen molar-refractivity contribution in [1.29, 1.82) is 0 Å². The second-order valence-corrected chi connectivity index (χ2v) is 9.22. The Bertz CT molecular complexity index is 491. The zero-order chi connectivity index (χ0) is 13.5. The third-order valence-corrected chi connectivity index (χ3v) is 9.13. The van der Waals surface area contributed by atoms with E-state index < -0.39 is 20.9 Å². The Kier molecular flexibility index (Phi) is 2.35. The van der Waals surface area contributed by atoms with E-state index in [0.29, 0.717) is 19.0 Å². The number of sulfonamides is 1. The van der Waals surface area contributed by atoms with Gasteiger partial charge in [-0.2, -0.15) is 0 Å². The molecule has 108 valence electrons. The average Bonchev–Trinajstić information content (AvgIpc) is 2.73. The van der Waals surface area contributed by atoms with Gasteiger partial charge < -0.3 is 5.11 Å². The molecule has 0 spiro atoms. The smallest absolute Gasteiger partial charge is 0.220 e. The standard InChI is InChI=1S/C14H23NO3S/c1-13-10-5-6-11(9-10)14(13,16)12(13)19(17,18)15-7-3-2-4-8-15/h10-12,16H,2-9H2,1H3. The maximum Gasteiger partial charge on any atom is 0.220 e. The lowest BCUT2D eigenvalue weighted by Crippen LogP contribution is -2.41. The Morgan fingerprint density at radius 1 is 1.11 bits per heavy atom. The predicted molar refractivity (Wildman–Crippen MR) is 72.0 cm³/mol. The fourth-order valence-electron chi connectivity index (χ4n) is 5.53. The fourth-order valence-corrected chi connectivity index (χ4v) is 8.43. The maximum atomic E-state index is 12.9. The van der Waals surface area contributed by atoms with Crippen molar-refractivity contribution in [2.75, 3.05) is 13.1 Å². The molecule has 19 heavy (non-hydrogen) atoms. The molecule has 3 saturated carbocycles. The third-order valence-electron chi connectivity index (χ3n) is 6.60. The largest absolute Gasteiger partial charge is 0.388 e. The van der Waals surface area contributed by atoms with E-state index in [4.69, 9.17) is 0 Å². The van der Waals surface area contributed by atoms with Gasteiger partial charge in [0, 0.05) is 18.5 Å². The zero-order valence-corrected chi connectivity index (χ0v) is 12.3. The van der Waals surface area contributed by atoms with Crippen LogP contribution in [0.5, 0.6) is 0 Å². The minimum Gasteiger partial charge on any atom is -0.388 e. The molecule has 5 heteroatoms. The lowest BCUT2D eigenvalue weighted by atomic mass is 9.87. The van der Waals surface area contributed by atoms with Crippen LogP contribution in [0.25, 0.3) is 0 Å². The number of hydrogen-bond acceptors (Lipinski definition) is 3. The maximum absolute atomic E-state index is 12.9. The molecule has 0 aromatic rings. The van der Waals surface area contributed by atoms with Crippen LogP contribution in [0, 0.1) is 17.3 Å². The fraction of sp³-hybridized carbons (Fsp3) is 1.00. The molecule has 4 rings (SSSR count). The molecule has 4 fully saturated rings. The van der Waals surface area contributed by atoms with Crippen molar-refractivity contribution in [2.24, 2.45) is 17.3 Å². The molecule has 1 saturated heterocycles. The summed E-state index contributed by atoms with van der Waals surface area (Å²) in [5.74, 6) is 0.652. The highest BCUT2D eigenvalue weighted by molar-refractivity contribution is 7.90. The topological polar surface area (TPSA) is 57.6 Å². The van der Waals surface area contributed by atoms with Crippen molar-refractivity contribution < 1.29 is 13.5 Å². The quantitative estimate of drug-likeness (QED) is 0.833. The molecule has 5 atom stereocenters. The van der Waals surface area contributed by atoms with Crippen molar-refractivity contribution in [3.05, 3.63) is 0 Å². The number of aliphatic hydroxyl groups is 1. The third kappa shape index (κ3) is 1.26. The van der Waals surface area contributed by atoms with Gasteiger partial charge in [-0.05, 0) is 43.9 Å². The van der Waals surface area contributed by atoms with Crippen LogP contribution in [0.2, 0.25) is 0 Å². The Morgan fingerprint density at radius 3 is 2.32 bits per heavy atom. The molecular formula is C14H23NO3S. The highest BCUT2D eigenvalue weighted by atomic mass is 32.2. The van der Waals surface area contributed by atoms with Gasteiger partial charge in [-0.25, -0.2) is 12.7 Å². The van der Waals surface area contributed by atoms with Gasteiger partial charge >= 0.3 is 0 Å². The van der Waals surface area contributed by atoms with Crippen LogP contribution in [0.1, 0.15) is 45.4 Å². The molecule has 5 unspecified atom stereocenters. The molecule has 2 bridgehead atoms. The Hall–Kier alpha value is -0.130. The second kappa shape index (κ2) is 3.55. The van der Waals surface area contributed by atoms with Crippen LogP contribution in [0.15, 0.2) is 0 Å². The van der Waals surface area contributed by atoms with E-state index in [0.717, 1.165) is 38.5 Å². The van der Waals surface area contributed by atoms with Gasteiger partial charge in [0.05, 0.1) is 5.60 Å². The van der Waals surface area contributed by atoms with Gasteiger partial charge in [-0.3, -0.25) is 0 Å². The normalized spacial score (nSPS) is 53.3. The van der Waals surface area contributed by atoms with E-state index in [1.807, 2.05) is 6.92 Å². The lowest BCUT2D eigenvalue weighted by Gasteiger charge is -2.28. The SMILES string of the molecule is CC12C3CCC(C3)C1(O)C2S(=O)(=O)N1CCCCC1. The van der Waals surface area contributed by atoms with Gasteiger partial charge in [-0.15, -0.1) is 0 Å². The highest BCUT2D eigenvalue weighted by Gasteiger charge is 2.88. The van der Waals surface area contributed by atoms with E-state index >= 15 is 0 Å². The summed E-state index contributed by atoms with van der Waals surface area (Å²) in [6.45, 7) is 3.32. The number of piperidine rings is 1. The van der Waals surface area contributed by atoms with Crippen LogP contribution in [-0.4, -0.2) is 41.8 Å². The minimum atomic E-state index is -3.31. The number of fused-ring (bicyclic) bond motifs is 5. The minimum absolute atomic E-state index is 0.229. The van der Waals surface area contributed by atoms with Crippen molar-refractivity contribution in [3.8, 4) is 0 Å². The summed E-state index contributed by atoms with van der Waals surface area (Å²) in [5, 5.41) is 10.4. The molecule has 0 amide bonds. The van der Waals surface area contributed by atoms with Crippen molar-refractivity contribution in [3.63, 3.8) is 0 Å². The molecule has 1 heterocycles. The summed E-state index contributed by atoms with van der Waals surface area (Å²) in [6, 6.07) is 0. The molecule has 1 aliphatic heterocycles. The monoisotopic (exact) mass is 285 g/mol. The van der Waals surface area contributed by atoms with Crippen LogP contribution in [0.4, 0.5) is 0 Å². The van der Waals surface area contributed by atoms with Crippen LogP contribution < -0.4 is 0 Å². The molecule has 0 aromatic carbocycles. The molecule has 4 nitrogen and oxygen atoms in total. The lowest BCUT2D eigenvalue weighted by molar-refractivity contribution is 0.0552. The van der Waals surface area contributed by atoms with Gasteiger partial charge in [0.1, 0.15) is 5.25 Å². The van der Waals surface area contributed by atoms with Gasteiger partial charge in [0.15, 0.2) is 0 Å². The van der Waals surface area contributed by atoms with E-state index in [-0.39, 0.29) is 11.3 Å². The van der Waals surface area contributed by atoms with Crippen molar-refractivity contribution >= 4 is 10.0 Å². The first kappa shape index (κ1) is 12.6. The Balaban J connectivity index is 1.68. The van der Waals surface area contributed by atoms with Crippen molar-refractivity contribution in [1.82, 2.24) is 4.31 Å². The number of nitrogens with zero attached hydrogens (tertiary/aromatic N) is 1. The number of hydrogen-bond donors (Lipinski definition) is 1. The van der Waals surface area contributed by atoms with Gasteiger partial charge in [0.25, 0.3) is 0 Å². The van der Waals surface area contributed by atoms with E-state index in [2.05, 4.69) is 0 Å². The van der Waals surface area contributed by atoms with Crippen LogP contribution in [-0.2, 0) is 10.0 Å². The van der Waals surface area contributed by atoms with Crippen LogP contribution >= 0.6 is 0 Å². The summed E-state index contributed by atoms with van der Waals surface area (Å²) >= 11 is 0. The first-order chi connectivity index (χ1) is 8.93.